The van der Waals surface area contributed by atoms with Gasteiger partial charge >= 0.3 is 12.4 Å². The normalized spacial score (nSPS) is 15.1. The minimum atomic E-state index is -6.01. The van der Waals surface area contributed by atoms with E-state index in [1.165, 1.54) is 60.7 Å². The van der Waals surface area contributed by atoms with Crippen LogP contribution in [0.3, 0.4) is 0 Å². The van der Waals surface area contributed by atoms with Crippen LogP contribution in [0.1, 0.15) is 11.1 Å². The Hall–Kier alpha value is -6.18. The molecule has 2 heterocycles. The van der Waals surface area contributed by atoms with E-state index in [2.05, 4.69) is 0 Å². The van der Waals surface area contributed by atoms with Crippen molar-refractivity contribution in [1.29, 1.82) is 0 Å². The van der Waals surface area contributed by atoms with E-state index in [1.54, 1.807) is 0 Å². The minimum absolute atomic E-state index is 0.106. The van der Waals surface area contributed by atoms with Gasteiger partial charge in [-0.15, -0.1) is 0 Å². The number of carbonyl (C=O) groups is 4. The molecule has 0 atom stereocenters. The second-order valence-corrected chi connectivity index (χ2v) is 10.6. The standard InChI is InChI=1S/C35H20F6N2O6/c36-34(37,38)33(35(39,40)41,25-5-1-3-7-27(25)48-23-13-9-21(10-14-23)42-29(44)17-18-30(42)45)26-6-2-4-8-28(26)49-24-15-11-22(12-16-24)43-31(46)19-20-32(43)47/h1-20H. The van der Waals surface area contributed by atoms with Gasteiger partial charge in [-0.1, -0.05) is 36.4 Å². The van der Waals surface area contributed by atoms with Crippen molar-refractivity contribution in [3.8, 4) is 23.0 Å². The van der Waals surface area contributed by atoms with E-state index < -0.39 is 64.0 Å². The number of imide groups is 2. The van der Waals surface area contributed by atoms with Gasteiger partial charge in [0.05, 0.1) is 11.4 Å². The zero-order chi connectivity index (χ0) is 35.1. The third kappa shape index (κ3) is 5.70. The maximum atomic E-state index is 15.3. The van der Waals surface area contributed by atoms with Gasteiger partial charge in [0.25, 0.3) is 23.6 Å². The lowest BCUT2D eigenvalue weighted by molar-refractivity contribution is -0.289. The molecule has 14 heteroatoms. The summed E-state index contributed by atoms with van der Waals surface area (Å²) in [6.45, 7) is 0. The summed E-state index contributed by atoms with van der Waals surface area (Å²) in [4.78, 5) is 49.7. The maximum Gasteiger partial charge on any atom is 0.411 e. The maximum absolute atomic E-state index is 15.3. The highest BCUT2D eigenvalue weighted by molar-refractivity contribution is 6.28. The number of rotatable bonds is 8. The van der Waals surface area contributed by atoms with E-state index in [-0.39, 0.29) is 22.9 Å². The van der Waals surface area contributed by atoms with Gasteiger partial charge in [0, 0.05) is 35.4 Å². The van der Waals surface area contributed by atoms with Crippen molar-refractivity contribution in [2.75, 3.05) is 9.80 Å². The van der Waals surface area contributed by atoms with Crippen LogP contribution in [-0.2, 0) is 24.6 Å². The van der Waals surface area contributed by atoms with Crippen LogP contribution in [0.5, 0.6) is 23.0 Å². The molecule has 0 unspecified atom stereocenters. The molecule has 2 aliphatic heterocycles. The number of para-hydroxylation sites is 2. The highest BCUT2D eigenvalue weighted by atomic mass is 19.4. The quantitative estimate of drug-likeness (QED) is 0.141. The Morgan fingerprint density at radius 2 is 0.735 bits per heavy atom. The summed E-state index contributed by atoms with van der Waals surface area (Å²) < 4.78 is 103. The van der Waals surface area contributed by atoms with Crippen LogP contribution in [0.4, 0.5) is 37.7 Å². The summed E-state index contributed by atoms with van der Waals surface area (Å²) >= 11 is 0. The molecule has 0 aliphatic carbocycles. The Morgan fingerprint density at radius 1 is 0.429 bits per heavy atom. The summed E-state index contributed by atoms with van der Waals surface area (Å²) in [7, 11) is 0. The van der Waals surface area contributed by atoms with Crippen molar-refractivity contribution in [3.05, 3.63) is 132 Å². The lowest BCUT2D eigenvalue weighted by Gasteiger charge is -2.39. The second-order valence-electron chi connectivity index (χ2n) is 10.6. The molecule has 0 fully saturated rings. The predicted molar refractivity (Wildman–Crippen MR) is 162 cm³/mol. The van der Waals surface area contributed by atoms with Gasteiger partial charge in [0.15, 0.2) is 0 Å². The molecule has 248 valence electrons. The van der Waals surface area contributed by atoms with Gasteiger partial charge in [-0.25, -0.2) is 9.80 Å². The Labute approximate surface area is 273 Å². The molecule has 2 aliphatic rings. The molecular weight excluding hydrogens is 658 g/mol. The average Bonchev–Trinajstić information content (AvgIpc) is 3.57. The fraction of sp³-hybridized carbons (Fsp3) is 0.0857. The van der Waals surface area contributed by atoms with Crippen LogP contribution in [0, 0.1) is 0 Å². The Kier molecular flexibility index (Phi) is 8.10. The number of hydrogen-bond donors (Lipinski definition) is 0. The van der Waals surface area contributed by atoms with Gasteiger partial charge in [0.2, 0.25) is 5.41 Å². The summed E-state index contributed by atoms with van der Waals surface area (Å²) in [5.74, 6) is -4.46. The van der Waals surface area contributed by atoms with E-state index >= 15 is 26.3 Å². The first-order chi connectivity index (χ1) is 23.2. The average molecular weight is 679 g/mol. The van der Waals surface area contributed by atoms with Gasteiger partial charge in [-0.05, 0) is 60.7 Å². The smallest absolute Gasteiger partial charge is 0.411 e. The van der Waals surface area contributed by atoms with E-state index in [0.29, 0.717) is 12.1 Å². The molecule has 8 nitrogen and oxygen atoms in total. The molecule has 6 rings (SSSR count). The third-order valence-electron chi connectivity index (χ3n) is 7.70. The summed E-state index contributed by atoms with van der Waals surface area (Å²) in [5, 5.41) is 0. The number of alkyl halides is 6. The molecule has 4 aromatic carbocycles. The molecule has 0 bridgehead atoms. The Morgan fingerprint density at radius 3 is 1.04 bits per heavy atom. The van der Waals surface area contributed by atoms with Crippen molar-refractivity contribution in [3.63, 3.8) is 0 Å². The molecule has 0 radical (unpaired) electrons. The van der Waals surface area contributed by atoms with Crippen LogP contribution in [0.15, 0.2) is 121 Å². The molecule has 0 aromatic heterocycles. The molecule has 0 spiro atoms. The first-order valence-electron chi connectivity index (χ1n) is 14.2. The second kappa shape index (κ2) is 12.1. The number of halogens is 6. The molecule has 4 amide bonds. The molecule has 0 saturated heterocycles. The van der Waals surface area contributed by atoms with Crippen LogP contribution in [0.2, 0.25) is 0 Å². The Bertz CT molecular complexity index is 1850. The molecule has 4 aromatic rings. The van der Waals surface area contributed by atoms with E-state index in [1.807, 2.05) is 0 Å². The van der Waals surface area contributed by atoms with Crippen molar-refractivity contribution in [2.24, 2.45) is 0 Å². The zero-order valence-electron chi connectivity index (χ0n) is 24.7. The highest BCUT2D eigenvalue weighted by Gasteiger charge is 2.74. The lowest BCUT2D eigenvalue weighted by atomic mass is 9.72. The lowest BCUT2D eigenvalue weighted by Crippen LogP contribution is -2.55. The van der Waals surface area contributed by atoms with Crippen molar-refractivity contribution >= 4 is 35.0 Å². The van der Waals surface area contributed by atoms with Crippen LogP contribution < -0.4 is 19.3 Å². The molecule has 0 saturated carbocycles. The number of ether oxygens (including phenoxy) is 2. The largest absolute Gasteiger partial charge is 0.457 e. The van der Waals surface area contributed by atoms with Crippen molar-refractivity contribution in [1.82, 2.24) is 0 Å². The number of hydrogen-bond acceptors (Lipinski definition) is 6. The topological polar surface area (TPSA) is 93.2 Å². The third-order valence-corrected chi connectivity index (χ3v) is 7.70. The first-order valence-corrected chi connectivity index (χ1v) is 14.2. The number of anilines is 2. The molecule has 0 N–H and O–H groups in total. The molecule has 49 heavy (non-hydrogen) atoms. The number of amides is 4. The minimum Gasteiger partial charge on any atom is -0.457 e. The first kappa shape index (κ1) is 32.7. The predicted octanol–water partition coefficient (Wildman–Crippen LogP) is 7.54. The van der Waals surface area contributed by atoms with Gasteiger partial charge in [0.1, 0.15) is 23.0 Å². The molecular formula is C35H20F6N2O6. The van der Waals surface area contributed by atoms with Gasteiger partial charge < -0.3 is 9.47 Å². The van der Waals surface area contributed by atoms with E-state index in [9.17, 15) is 19.2 Å². The van der Waals surface area contributed by atoms with Crippen molar-refractivity contribution in [2.45, 2.75) is 17.8 Å². The summed E-state index contributed by atoms with van der Waals surface area (Å²) in [6.07, 6.45) is -7.84. The number of carbonyl (C=O) groups excluding carboxylic acids is 4. The zero-order valence-corrected chi connectivity index (χ0v) is 24.7. The fourth-order valence-corrected chi connectivity index (χ4v) is 5.54. The van der Waals surface area contributed by atoms with E-state index in [0.717, 1.165) is 58.4 Å². The SMILES string of the molecule is O=C1C=CC(=O)N1c1ccc(Oc2ccccc2C(c2ccccc2Oc2ccc(N3C(=O)C=CC3=O)cc2)(C(F)(F)F)C(F)(F)F)cc1. The van der Waals surface area contributed by atoms with Crippen molar-refractivity contribution < 1.29 is 55.0 Å². The van der Waals surface area contributed by atoms with E-state index in [4.69, 9.17) is 9.47 Å². The Balaban J connectivity index is 1.41. The summed E-state index contributed by atoms with van der Waals surface area (Å²) in [5.41, 5.74) is -7.06. The van der Waals surface area contributed by atoms with Gasteiger partial charge in [-0.2, -0.15) is 26.3 Å². The van der Waals surface area contributed by atoms with Crippen LogP contribution in [0.25, 0.3) is 0 Å². The van der Waals surface area contributed by atoms with Crippen LogP contribution in [-0.4, -0.2) is 36.0 Å². The van der Waals surface area contributed by atoms with Gasteiger partial charge in [-0.3, -0.25) is 19.2 Å². The highest BCUT2D eigenvalue weighted by Crippen LogP contribution is 2.60. The number of benzene rings is 4. The monoisotopic (exact) mass is 678 g/mol. The fourth-order valence-electron chi connectivity index (χ4n) is 5.54. The summed E-state index contributed by atoms with van der Waals surface area (Å²) in [6, 6.07) is 17.4. The van der Waals surface area contributed by atoms with Crippen LogP contribution >= 0.6 is 0 Å². The number of nitrogens with zero attached hydrogens (tertiary/aromatic N) is 2.